The smallest absolute Gasteiger partial charge is 0.222 e. The quantitative estimate of drug-likeness (QED) is 0.768. The largest absolute Gasteiger partial charge is 0.356 e. The average Bonchev–Trinajstić information content (AvgIpc) is 2.61. The summed E-state index contributed by atoms with van der Waals surface area (Å²) in [5, 5.41) is 5.33. The number of nitrogens with zero attached hydrogens (tertiary/aromatic N) is 1. The van der Waals surface area contributed by atoms with Crippen molar-refractivity contribution in [1.29, 1.82) is 0 Å². The van der Waals surface area contributed by atoms with Crippen LogP contribution in [0.5, 0.6) is 0 Å². The van der Waals surface area contributed by atoms with Gasteiger partial charge in [0.15, 0.2) is 0 Å². The first-order valence-electron chi connectivity index (χ1n) is 7.91. The second-order valence-electron chi connectivity index (χ2n) is 5.47. The van der Waals surface area contributed by atoms with E-state index in [-0.39, 0.29) is 43.2 Å². The molecule has 2 rings (SSSR count). The van der Waals surface area contributed by atoms with Crippen molar-refractivity contribution in [3.05, 3.63) is 65.5 Å². The molecule has 0 fully saturated rings. The Hall–Kier alpha value is -2.83. The van der Waals surface area contributed by atoms with E-state index in [4.69, 9.17) is 0 Å². The van der Waals surface area contributed by atoms with Gasteiger partial charge in [-0.1, -0.05) is 0 Å². The lowest BCUT2D eigenvalue weighted by Crippen LogP contribution is -2.30. The summed E-state index contributed by atoms with van der Waals surface area (Å²) in [7, 11) is 0. The minimum absolute atomic E-state index is 0.0268. The number of hydrogen-bond acceptors (Lipinski definition) is 3. The Morgan fingerprint density at radius 2 is 1.68 bits per heavy atom. The number of carbonyl (C=O) groups excluding carboxylic acids is 2. The van der Waals surface area contributed by atoms with Crippen LogP contribution in [0.1, 0.15) is 24.0 Å². The van der Waals surface area contributed by atoms with Crippen molar-refractivity contribution < 1.29 is 18.4 Å². The fourth-order valence-corrected chi connectivity index (χ4v) is 2.18. The molecule has 0 saturated carbocycles. The summed E-state index contributed by atoms with van der Waals surface area (Å²) in [4.78, 5) is 27.3. The zero-order valence-corrected chi connectivity index (χ0v) is 13.6. The van der Waals surface area contributed by atoms with Gasteiger partial charge in [-0.05, 0) is 47.9 Å². The number of carbonyl (C=O) groups is 2. The van der Waals surface area contributed by atoms with Crippen molar-refractivity contribution in [2.45, 2.75) is 25.8 Å². The van der Waals surface area contributed by atoms with E-state index in [1.54, 1.807) is 24.5 Å². The highest BCUT2D eigenvalue weighted by molar-refractivity contribution is 5.79. The Morgan fingerprint density at radius 1 is 0.960 bits per heavy atom. The van der Waals surface area contributed by atoms with Crippen molar-refractivity contribution in [2.24, 2.45) is 0 Å². The van der Waals surface area contributed by atoms with E-state index < -0.39 is 11.6 Å². The van der Waals surface area contributed by atoms with Gasteiger partial charge in [-0.15, -0.1) is 0 Å². The Bertz CT molecular complexity index is 724. The molecular formula is C18H19F2N3O2. The summed E-state index contributed by atoms with van der Waals surface area (Å²) in [5.74, 6) is -1.58. The molecule has 0 saturated heterocycles. The third-order valence-electron chi connectivity index (χ3n) is 3.54. The lowest BCUT2D eigenvalue weighted by molar-refractivity contribution is -0.122. The van der Waals surface area contributed by atoms with Gasteiger partial charge in [0.05, 0.1) is 0 Å². The molecule has 2 aromatic rings. The van der Waals surface area contributed by atoms with Gasteiger partial charge in [0.25, 0.3) is 0 Å². The molecule has 0 radical (unpaired) electrons. The number of benzene rings is 1. The first-order valence-corrected chi connectivity index (χ1v) is 7.91. The normalized spacial score (nSPS) is 10.3. The molecule has 1 aromatic heterocycles. The van der Waals surface area contributed by atoms with Gasteiger partial charge in [-0.3, -0.25) is 14.6 Å². The third-order valence-corrected chi connectivity index (χ3v) is 3.54. The van der Waals surface area contributed by atoms with Crippen molar-refractivity contribution >= 4 is 11.8 Å². The molecule has 132 valence electrons. The summed E-state index contributed by atoms with van der Waals surface area (Å²) >= 11 is 0. The Kier molecular flexibility index (Phi) is 7.00. The number of halogens is 2. The van der Waals surface area contributed by atoms with Crippen LogP contribution in [0.15, 0.2) is 42.7 Å². The van der Waals surface area contributed by atoms with E-state index >= 15 is 0 Å². The molecule has 2 amide bonds. The Balaban J connectivity index is 1.63. The highest BCUT2D eigenvalue weighted by atomic mass is 19.1. The molecular weight excluding hydrogens is 328 g/mol. The second-order valence-corrected chi connectivity index (χ2v) is 5.47. The third kappa shape index (κ3) is 6.66. The fraction of sp³-hybridized carbons (Fsp3) is 0.278. The van der Waals surface area contributed by atoms with Gasteiger partial charge in [0.2, 0.25) is 11.8 Å². The molecule has 0 aliphatic carbocycles. The maximum Gasteiger partial charge on any atom is 0.222 e. The van der Waals surface area contributed by atoms with E-state index in [1.807, 2.05) is 0 Å². The Labute approximate surface area is 144 Å². The summed E-state index contributed by atoms with van der Waals surface area (Å²) < 4.78 is 26.5. The lowest BCUT2D eigenvalue weighted by atomic mass is 10.1. The van der Waals surface area contributed by atoms with Gasteiger partial charge in [-0.2, -0.15) is 0 Å². The van der Waals surface area contributed by atoms with E-state index in [9.17, 15) is 18.4 Å². The number of pyridine rings is 1. The number of amides is 2. The SMILES string of the molecule is O=C(CCc1cc(F)ccc1F)NCCC(=O)NCc1ccncc1. The number of aryl methyl sites for hydroxylation is 1. The Morgan fingerprint density at radius 3 is 2.44 bits per heavy atom. The molecule has 0 unspecified atom stereocenters. The van der Waals surface area contributed by atoms with Crippen LogP contribution in [-0.2, 0) is 22.6 Å². The first kappa shape index (κ1) is 18.5. The average molecular weight is 347 g/mol. The van der Waals surface area contributed by atoms with Gasteiger partial charge in [0.1, 0.15) is 11.6 Å². The number of aromatic nitrogens is 1. The van der Waals surface area contributed by atoms with Crippen molar-refractivity contribution in [3.63, 3.8) is 0 Å². The summed E-state index contributed by atoms with van der Waals surface area (Å²) in [6.45, 7) is 0.584. The molecule has 25 heavy (non-hydrogen) atoms. The molecule has 7 heteroatoms. The molecule has 0 atom stereocenters. The second kappa shape index (κ2) is 9.46. The topological polar surface area (TPSA) is 71.1 Å². The van der Waals surface area contributed by atoms with Crippen LogP contribution in [-0.4, -0.2) is 23.3 Å². The molecule has 0 aliphatic heterocycles. The molecule has 0 aliphatic rings. The highest BCUT2D eigenvalue weighted by Crippen LogP contribution is 2.11. The van der Waals surface area contributed by atoms with E-state index in [0.29, 0.717) is 6.54 Å². The highest BCUT2D eigenvalue weighted by Gasteiger charge is 2.08. The predicted molar refractivity (Wildman–Crippen MR) is 88.4 cm³/mol. The maximum atomic E-state index is 13.4. The van der Waals surface area contributed by atoms with Crippen LogP contribution in [0.2, 0.25) is 0 Å². The van der Waals surface area contributed by atoms with Gasteiger partial charge in [0, 0.05) is 38.3 Å². The van der Waals surface area contributed by atoms with Gasteiger partial charge >= 0.3 is 0 Å². The predicted octanol–water partition coefficient (Wildman–Crippen LogP) is 2.12. The first-order chi connectivity index (χ1) is 12.0. The zero-order chi connectivity index (χ0) is 18.1. The number of nitrogens with one attached hydrogen (secondary N) is 2. The van der Waals surface area contributed by atoms with Crippen LogP contribution in [0.25, 0.3) is 0 Å². The van der Waals surface area contributed by atoms with E-state index in [2.05, 4.69) is 15.6 Å². The number of rotatable bonds is 8. The fourth-order valence-electron chi connectivity index (χ4n) is 2.18. The van der Waals surface area contributed by atoms with Crippen molar-refractivity contribution in [1.82, 2.24) is 15.6 Å². The van der Waals surface area contributed by atoms with Crippen molar-refractivity contribution in [3.8, 4) is 0 Å². The molecule has 5 nitrogen and oxygen atoms in total. The van der Waals surface area contributed by atoms with Crippen LogP contribution in [0.4, 0.5) is 8.78 Å². The van der Waals surface area contributed by atoms with Crippen molar-refractivity contribution in [2.75, 3.05) is 6.54 Å². The van der Waals surface area contributed by atoms with E-state index in [0.717, 1.165) is 23.8 Å². The maximum absolute atomic E-state index is 13.4. The van der Waals surface area contributed by atoms with E-state index in [1.165, 1.54) is 0 Å². The number of hydrogen-bond donors (Lipinski definition) is 2. The van der Waals surface area contributed by atoms with Gasteiger partial charge < -0.3 is 10.6 Å². The molecule has 1 heterocycles. The van der Waals surface area contributed by atoms with Crippen LogP contribution >= 0.6 is 0 Å². The van der Waals surface area contributed by atoms with Crippen LogP contribution < -0.4 is 10.6 Å². The minimum atomic E-state index is -0.539. The molecule has 0 bridgehead atoms. The van der Waals surface area contributed by atoms with Crippen LogP contribution in [0, 0.1) is 11.6 Å². The van der Waals surface area contributed by atoms with Crippen LogP contribution in [0.3, 0.4) is 0 Å². The molecule has 0 spiro atoms. The zero-order valence-electron chi connectivity index (χ0n) is 13.6. The summed E-state index contributed by atoms with van der Waals surface area (Å²) in [6.07, 6.45) is 3.56. The minimum Gasteiger partial charge on any atom is -0.356 e. The molecule has 2 N–H and O–H groups in total. The monoisotopic (exact) mass is 347 g/mol. The summed E-state index contributed by atoms with van der Waals surface area (Å²) in [6, 6.07) is 6.75. The van der Waals surface area contributed by atoms with Gasteiger partial charge in [-0.25, -0.2) is 8.78 Å². The molecule has 1 aromatic carbocycles. The summed E-state index contributed by atoms with van der Waals surface area (Å²) in [5.41, 5.74) is 1.09. The standard InChI is InChI=1S/C18H19F2N3O2/c19-15-2-3-16(20)14(11-15)1-4-17(24)22-10-7-18(25)23-12-13-5-8-21-9-6-13/h2-3,5-6,8-9,11H,1,4,7,10,12H2,(H,22,24)(H,23,25). The lowest BCUT2D eigenvalue weighted by Gasteiger charge is -2.07.